The molecule has 3 rings (SSSR count). The van der Waals surface area contributed by atoms with Crippen molar-refractivity contribution in [2.45, 2.75) is 13.3 Å². The molecule has 6 heteroatoms. The summed E-state index contributed by atoms with van der Waals surface area (Å²) in [5, 5.41) is 5.74. The Bertz CT molecular complexity index is 1040. The van der Waals surface area contributed by atoms with Crippen molar-refractivity contribution in [3.05, 3.63) is 89.0 Å². The Labute approximate surface area is 182 Å². The quantitative estimate of drug-likeness (QED) is 0.574. The standard InChI is InChI=1S/C25H26N2O4/c1-17-22(30-2)15-19(16-23(17)31-3)24(28)27-21-12-8-7-11-20(21)25(29)26-14-13-18-9-5-4-6-10-18/h4-12,15-16H,13-14H2,1-3H3,(H,26,29)(H,27,28). The monoisotopic (exact) mass is 418 g/mol. The van der Waals surface area contributed by atoms with Gasteiger partial charge in [-0.3, -0.25) is 9.59 Å². The molecule has 2 amide bonds. The third-order valence-electron chi connectivity index (χ3n) is 4.98. The molecule has 0 aliphatic rings. The van der Waals surface area contributed by atoms with Gasteiger partial charge in [0.2, 0.25) is 0 Å². The zero-order chi connectivity index (χ0) is 22.2. The largest absolute Gasteiger partial charge is 0.496 e. The van der Waals surface area contributed by atoms with Crippen LogP contribution in [0.25, 0.3) is 0 Å². The van der Waals surface area contributed by atoms with Crippen LogP contribution < -0.4 is 20.1 Å². The minimum atomic E-state index is -0.360. The predicted octanol–water partition coefficient (Wildman–Crippen LogP) is 4.24. The van der Waals surface area contributed by atoms with E-state index in [4.69, 9.17) is 9.47 Å². The summed E-state index contributed by atoms with van der Waals surface area (Å²) in [5.74, 6) is 0.500. The maximum absolute atomic E-state index is 12.9. The average molecular weight is 418 g/mol. The fourth-order valence-electron chi connectivity index (χ4n) is 3.26. The van der Waals surface area contributed by atoms with Gasteiger partial charge in [0.25, 0.3) is 11.8 Å². The number of benzene rings is 3. The summed E-state index contributed by atoms with van der Waals surface area (Å²) in [6.45, 7) is 2.35. The average Bonchev–Trinajstić information content (AvgIpc) is 2.80. The first-order chi connectivity index (χ1) is 15.0. The van der Waals surface area contributed by atoms with E-state index in [2.05, 4.69) is 10.6 Å². The van der Waals surface area contributed by atoms with Crippen LogP contribution in [-0.4, -0.2) is 32.6 Å². The van der Waals surface area contributed by atoms with Crippen LogP contribution in [0.3, 0.4) is 0 Å². The molecule has 0 spiro atoms. The third kappa shape index (κ3) is 5.42. The molecule has 0 bridgehead atoms. The summed E-state index contributed by atoms with van der Waals surface area (Å²) in [6.07, 6.45) is 0.726. The molecule has 0 fully saturated rings. The van der Waals surface area contributed by atoms with Gasteiger partial charge in [0.15, 0.2) is 0 Å². The van der Waals surface area contributed by atoms with Crippen LogP contribution in [0.1, 0.15) is 31.8 Å². The maximum atomic E-state index is 12.9. The minimum absolute atomic E-state index is 0.245. The van der Waals surface area contributed by atoms with Gasteiger partial charge in [-0.05, 0) is 43.2 Å². The minimum Gasteiger partial charge on any atom is -0.496 e. The molecule has 0 unspecified atom stereocenters. The van der Waals surface area contributed by atoms with E-state index in [1.807, 2.05) is 37.3 Å². The number of para-hydroxylation sites is 1. The molecular formula is C25H26N2O4. The number of anilines is 1. The van der Waals surface area contributed by atoms with Crippen molar-refractivity contribution in [3.63, 3.8) is 0 Å². The lowest BCUT2D eigenvalue weighted by Gasteiger charge is -2.14. The van der Waals surface area contributed by atoms with Crippen molar-refractivity contribution in [2.24, 2.45) is 0 Å². The van der Waals surface area contributed by atoms with Crippen LogP contribution in [0.5, 0.6) is 11.5 Å². The molecule has 0 atom stereocenters. The van der Waals surface area contributed by atoms with Crippen molar-refractivity contribution in [3.8, 4) is 11.5 Å². The van der Waals surface area contributed by atoms with Crippen LogP contribution in [0, 0.1) is 6.92 Å². The number of carbonyl (C=O) groups excluding carboxylic acids is 2. The summed E-state index contributed by atoms with van der Waals surface area (Å²) in [6, 6.07) is 20.2. The zero-order valence-corrected chi connectivity index (χ0v) is 17.9. The van der Waals surface area contributed by atoms with E-state index in [9.17, 15) is 9.59 Å². The van der Waals surface area contributed by atoms with E-state index in [1.165, 1.54) is 0 Å². The van der Waals surface area contributed by atoms with Crippen LogP contribution in [-0.2, 0) is 6.42 Å². The van der Waals surface area contributed by atoms with E-state index >= 15 is 0 Å². The molecule has 0 radical (unpaired) electrons. The van der Waals surface area contributed by atoms with E-state index in [0.29, 0.717) is 34.9 Å². The molecule has 0 aromatic heterocycles. The highest BCUT2D eigenvalue weighted by Crippen LogP contribution is 2.30. The van der Waals surface area contributed by atoms with Crippen molar-refractivity contribution < 1.29 is 19.1 Å². The molecular weight excluding hydrogens is 392 g/mol. The van der Waals surface area contributed by atoms with E-state index in [-0.39, 0.29) is 11.8 Å². The topological polar surface area (TPSA) is 76.7 Å². The van der Waals surface area contributed by atoms with Crippen molar-refractivity contribution in [2.75, 3.05) is 26.1 Å². The SMILES string of the molecule is COc1cc(C(=O)Nc2ccccc2C(=O)NCCc2ccccc2)cc(OC)c1C. The summed E-state index contributed by atoms with van der Waals surface area (Å²) in [5.41, 5.74) is 3.16. The number of hydrogen-bond acceptors (Lipinski definition) is 4. The Kier molecular flexibility index (Phi) is 7.27. The highest BCUT2D eigenvalue weighted by Gasteiger charge is 2.17. The molecule has 6 nitrogen and oxygen atoms in total. The van der Waals surface area contributed by atoms with Crippen LogP contribution in [0.2, 0.25) is 0 Å². The maximum Gasteiger partial charge on any atom is 0.255 e. The third-order valence-corrected chi connectivity index (χ3v) is 4.98. The van der Waals surface area contributed by atoms with Crippen LogP contribution in [0.15, 0.2) is 66.7 Å². The second-order valence-corrected chi connectivity index (χ2v) is 7.00. The molecule has 0 aliphatic carbocycles. The molecule has 2 N–H and O–H groups in total. The number of carbonyl (C=O) groups is 2. The second-order valence-electron chi connectivity index (χ2n) is 7.00. The van der Waals surface area contributed by atoms with E-state index in [0.717, 1.165) is 17.5 Å². The molecule has 0 aliphatic heterocycles. The molecule has 31 heavy (non-hydrogen) atoms. The first kappa shape index (κ1) is 21.9. The van der Waals surface area contributed by atoms with Gasteiger partial charge in [-0.2, -0.15) is 0 Å². The molecule has 160 valence electrons. The van der Waals surface area contributed by atoms with E-state index in [1.54, 1.807) is 50.6 Å². The second kappa shape index (κ2) is 10.3. The lowest BCUT2D eigenvalue weighted by atomic mass is 10.1. The molecule has 0 heterocycles. The molecule has 3 aromatic rings. The zero-order valence-electron chi connectivity index (χ0n) is 17.9. The van der Waals surface area contributed by atoms with Crippen molar-refractivity contribution in [1.82, 2.24) is 5.32 Å². The number of methoxy groups -OCH3 is 2. The smallest absolute Gasteiger partial charge is 0.255 e. The Balaban J connectivity index is 1.73. The predicted molar refractivity (Wildman–Crippen MR) is 121 cm³/mol. The summed E-state index contributed by atoms with van der Waals surface area (Å²) in [4.78, 5) is 25.6. The number of ether oxygens (including phenoxy) is 2. The van der Waals surface area contributed by atoms with Gasteiger partial charge in [-0.1, -0.05) is 42.5 Å². The summed E-state index contributed by atoms with van der Waals surface area (Å²) >= 11 is 0. The number of amides is 2. The van der Waals surface area contributed by atoms with Crippen molar-refractivity contribution in [1.29, 1.82) is 0 Å². The van der Waals surface area contributed by atoms with E-state index < -0.39 is 0 Å². The van der Waals surface area contributed by atoms with Crippen LogP contribution in [0.4, 0.5) is 5.69 Å². The fraction of sp³-hybridized carbons (Fsp3) is 0.200. The van der Waals surface area contributed by atoms with Crippen molar-refractivity contribution >= 4 is 17.5 Å². The lowest BCUT2D eigenvalue weighted by Crippen LogP contribution is -2.27. The van der Waals surface area contributed by atoms with Gasteiger partial charge in [0, 0.05) is 17.7 Å². The summed E-state index contributed by atoms with van der Waals surface area (Å²) < 4.78 is 10.7. The Morgan fingerprint density at radius 2 is 1.45 bits per heavy atom. The van der Waals surface area contributed by atoms with Gasteiger partial charge in [-0.15, -0.1) is 0 Å². The normalized spacial score (nSPS) is 10.3. The highest BCUT2D eigenvalue weighted by atomic mass is 16.5. The highest BCUT2D eigenvalue weighted by molar-refractivity contribution is 6.09. The Morgan fingerprint density at radius 3 is 2.10 bits per heavy atom. The molecule has 0 saturated heterocycles. The van der Waals surface area contributed by atoms with Gasteiger partial charge < -0.3 is 20.1 Å². The summed E-state index contributed by atoms with van der Waals surface area (Å²) in [7, 11) is 3.08. The van der Waals surface area contributed by atoms with Gasteiger partial charge >= 0.3 is 0 Å². The number of nitrogens with one attached hydrogen (secondary N) is 2. The molecule has 0 saturated carbocycles. The number of hydrogen-bond donors (Lipinski definition) is 2. The van der Waals surface area contributed by atoms with Gasteiger partial charge in [-0.25, -0.2) is 0 Å². The van der Waals surface area contributed by atoms with Crippen LogP contribution >= 0.6 is 0 Å². The molecule has 3 aromatic carbocycles. The lowest BCUT2D eigenvalue weighted by molar-refractivity contribution is 0.0955. The Hall–Kier alpha value is -3.80. The van der Waals surface area contributed by atoms with Gasteiger partial charge in [0.05, 0.1) is 25.5 Å². The fourth-order valence-corrected chi connectivity index (χ4v) is 3.26. The number of rotatable bonds is 8. The first-order valence-electron chi connectivity index (χ1n) is 9.98. The van der Waals surface area contributed by atoms with Gasteiger partial charge in [0.1, 0.15) is 11.5 Å². The Morgan fingerprint density at radius 1 is 0.839 bits per heavy atom. The first-order valence-corrected chi connectivity index (χ1v) is 9.98.